The summed E-state index contributed by atoms with van der Waals surface area (Å²) in [6, 6.07) is 0. The molecule has 0 aliphatic rings. The first-order valence-electron chi connectivity index (χ1n) is 16.3. The van der Waals surface area contributed by atoms with Crippen molar-refractivity contribution in [2.45, 2.75) is 168 Å². The molecule has 0 amide bonds. The van der Waals surface area contributed by atoms with E-state index in [9.17, 15) is 9.59 Å². The van der Waals surface area contributed by atoms with E-state index < -0.39 is 0 Å². The quantitative estimate of drug-likeness (QED) is 0.0580. The highest BCUT2D eigenvalue weighted by Gasteiger charge is 2.02. The highest BCUT2D eigenvalue weighted by Crippen LogP contribution is 2.13. The van der Waals surface area contributed by atoms with Gasteiger partial charge in [0, 0.05) is 25.9 Å². The molecule has 0 heterocycles. The first-order chi connectivity index (χ1) is 18.2. The fraction of sp³-hybridized carbons (Fsp3) is 0.879. The average molecular weight is 522 g/mol. The number of nitrogens with one attached hydrogen (secondary N) is 1. The van der Waals surface area contributed by atoms with Crippen molar-refractivity contribution in [3.63, 3.8) is 0 Å². The van der Waals surface area contributed by atoms with Gasteiger partial charge in [-0.3, -0.25) is 9.59 Å². The average Bonchev–Trinajstić information content (AvgIpc) is 2.89. The van der Waals surface area contributed by atoms with Crippen molar-refractivity contribution in [1.29, 1.82) is 0 Å². The molecule has 4 heteroatoms. The van der Waals surface area contributed by atoms with E-state index in [0.717, 1.165) is 25.7 Å². The van der Waals surface area contributed by atoms with E-state index >= 15 is 0 Å². The summed E-state index contributed by atoms with van der Waals surface area (Å²) in [5.41, 5.74) is 0. The topological polar surface area (TPSA) is 55.4 Å². The van der Waals surface area contributed by atoms with Gasteiger partial charge in [-0.1, -0.05) is 148 Å². The van der Waals surface area contributed by atoms with E-state index in [1.54, 1.807) is 6.08 Å². The van der Waals surface area contributed by atoms with Gasteiger partial charge in [0.1, 0.15) is 6.61 Å². The van der Waals surface area contributed by atoms with Gasteiger partial charge >= 0.3 is 5.97 Å². The predicted octanol–water partition coefficient (Wildman–Crippen LogP) is 9.65. The molecular formula is C33H63NO3. The Morgan fingerprint density at radius 2 is 0.973 bits per heavy atom. The molecule has 0 bridgehead atoms. The van der Waals surface area contributed by atoms with Gasteiger partial charge in [-0.15, -0.1) is 0 Å². The van der Waals surface area contributed by atoms with E-state index in [1.165, 1.54) is 116 Å². The van der Waals surface area contributed by atoms with Gasteiger partial charge in [-0.05, 0) is 18.9 Å². The van der Waals surface area contributed by atoms with Gasteiger partial charge in [0.15, 0.2) is 5.78 Å². The monoisotopic (exact) mass is 521 g/mol. The number of unbranched alkanes of at least 4 members (excludes halogenated alkanes) is 20. The van der Waals surface area contributed by atoms with Crippen molar-refractivity contribution in [3.05, 3.63) is 12.2 Å². The second-order valence-electron chi connectivity index (χ2n) is 10.9. The number of hydrogen-bond donors (Lipinski definition) is 1. The highest BCUT2D eigenvalue weighted by atomic mass is 16.5. The molecule has 0 aliphatic carbocycles. The number of hydrogen-bond acceptors (Lipinski definition) is 4. The minimum atomic E-state index is -0.0876. The molecule has 0 aliphatic heterocycles. The summed E-state index contributed by atoms with van der Waals surface area (Å²) < 4.78 is 5.29. The van der Waals surface area contributed by atoms with Crippen LogP contribution < -0.4 is 5.32 Å². The summed E-state index contributed by atoms with van der Waals surface area (Å²) in [6.45, 7) is 6.19. The molecule has 0 saturated carbocycles. The third-order valence-corrected chi connectivity index (χ3v) is 7.12. The van der Waals surface area contributed by atoms with Crippen LogP contribution in [0.25, 0.3) is 0 Å². The van der Waals surface area contributed by atoms with Crippen molar-refractivity contribution in [2.24, 2.45) is 0 Å². The lowest BCUT2D eigenvalue weighted by Gasteiger charge is -2.05. The Bertz CT molecular complexity index is 518. The molecule has 37 heavy (non-hydrogen) atoms. The van der Waals surface area contributed by atoms with Crippen LogP contribution in [0.2, 0.25) is 0 Å². The normalized spacial score (nSPS) is 11.4. The molecule has 0 saturated heterocycles. The molecule has 0 aromatic carbocycles. The fourth-order valence-corrected chi connectivity index (χ4v) is 4.67. The number of carbonyl (C=O) groups is 2. The Hall–Kier alpha value is -1.16. The summed E-state index contributed by atoms with van der Waals surface area (Å²) in [5, 5.41) is 3.20. The maximum Gasteiger partial charge on any atom is 0.305 e. The zero-order valence-electron chi connectivity index (χ0n) is 25.0. The molecular weight excluding hydrogens is 458 g/mol. The molecule has 0 aromatic heterocycles. The van der Waals surface area contributed by atoms with Crippen LogP contribution in [0.3, 0.4) is 0 Å². The second-order valence-corrected chi connectivity index (χ2v) is 10.9. The smallest absolute Gasteiger partial charge is 0.305 e. The van der Waals surface area contributed by atoms with Crippen LogP contribution in [0, 0.1) is 0 Å². The summed E-state index contributed by atoms with van der Waals surface area (Å²) in [6.07, 6.45) is 33.3. The molecule has 218 valence electrons. The SMILES string of the molecule is CCCCCCCCCCCCCC(=O)/C=C/CNCCOC(=O)CCCCCCCCCCCCC. The zero-order valence-corrected chi connectivity index (χ0v) is 25.0. The zero-order chi connectivity index (χ0) is 27.1. The van der Waals surface area contributed by atoms with Crippen molar-refractivity contribution < 1.29 is 14.3 Å². The lowest BCUT2D eigenvalue weighted by atomic mass is 10.0. The maximum absolute atomic E-state index is 11.9. The first kappa shape index (κ1) is 35.8. The Morgan fingerprint density at radius 3 is 1.43 bits per heavy atom. The Balaban J connectivity index is 3.33. The van der Waals surface area contributed by atoms with Gasteiger partial charge in [0.2, 0.25) is 0 Å². The number of carbonyl (C=O) groups excluding carboxylic acids is 2. The van der Waals surface area contributed by atoms with E-state index in [4.69, 9.17) is 4.74 Å². The summed E-state index contributed by atoms with van der Waals surface area (Å²) in [7, 11) is 0. The number of esters is 1. The van der Waals surface area contributed by atoms with Gasteiger partial charge < -0.3 is 10.1 Å². The summed E-state index contributed by atoms with van der Waals surface area (Å²) in [4.78, 5) is 23.8. The van der Waals surface area contributed by atoms with Crippen LogP contribution in [-0.4, -0.2) is 31.4 Å². The highest BCUT2D eigenvalue weighted by molar-refractivity contribution is 5.89. The lowest BCUT2D eigenvalue weighted by molar-refractivity contribution is -0.143. The summed E-state index contributed by atoms with van der Waals surface area (Å²) >= 11 is 0. The van der Waals surface area contributed by atoms with Crippen LogP contribution >= 0.6 is 0 Å². The Morgan fingerprint density at radius 1 is 0.568 bits per heavy atom. The number of rotatable bonds is 30. The third kappa shape index (κ3) is 31.0. The third-order valence-electron chi connectivity index (χ3n) is 7.12. The Labute approximate surface area is 231 Å². The fourth-order valence-electron chi connectivity index (χ4n) is 4.67. The standard InChI is InChI=1S/C33H63NO3/c1-3-5-7-9-11-13-15-17-19-21-23-26-32(35)27-25-29-34-30-31-37-33(36)28-24-22-20-18-16-14-12-10-8-6-4-2/h25,27,34H,3-24,26,28-31H2,1-2H3/b27-25+. The minimum absolute atomic E-state index is 0.0876. The van der Waals surface area contributed by atoms with E-state index in [2.05, 4.69) is 19.2 Å². The van der Waals surface area contributed by atoms with Crippen LogP contribution in [0.4, 0.5) is 0 Å². The molecule has 0 atom stereocenters. The van der Waals surface area contributed by atoms with E-state index in [-0.39, 0.29) is 11.8 Å². The van der Waals surface area contributed by atoms with Crippen LogP contribution in [-0.2, 0) is 14.3 Å². The van der Waals surface area contributed by atoms with Crippen LogP contribution in [0.5, 0.6) is 0 Å². The van der Waals surface area contributed by atoms with E-state index in [0.29, 0.717) is 32.5 Å². The van der Waals surface area contributed by atoms with Gasteiger partial charge in [-0.25, -0.2) is 0 Å². The second kappa shape index (κ2) is 31.1. The van der Waals surface area contributed by atoms with Crippen LogP contribution in [0.15, 0.2) is 12.2 Å². The maximum atomic E-state index is 11.9. The predicted molar refractivity (Wildman–Crippen MR) is 160 cm³/mol. The van der Waals surface area contributed by atoms with Gasteiger partial charge in [-0.2, -0.15) is 0 Å². The molecule has 0 radical (unpaired) electrons. The molecule has 0 aromatic rings. The molecule has 1 N–H and O–H groups in total. The van der Waals surface area contributed by atoms with E-state index in [1.807, 2.05) is 6.08 Å². The minimum Gasteiger partial charge on any atom is -0.464 e. The van der Waals surface area contributed by atoms with Crippen molar-refractivity contribution in [3.8, 4) is 0 Å². The van der Waals surface area contributed by atoms with Crippen LogP contribution in [0.1, 0.15) is 168 Å². The number of ether oxygens (including phenoxy) is 1. The first-order valence-corrected chi connectivity index (χ1v) is 16.3. The largest absolute Gasteiger partial charge is 0.464 e. The number of allylic oxidation sites excluding steroid dienone is 1. The number of ketones is 1. The Kier molecular flexibility index (Phi) is 30.1. The lowest BCUT2D eigenvalue weighted by Crippen LogP contribution is -2.21. The summed E-state index contributed by atoms with van der Waals surface area (Å²) in [5.74, 6) is 0.131. The van der Waals surface area contributed by atoms with Crippen molar-refractivity contribution in [1.82, 2.24) is 5.32 Å². The molecule has 0 fully saturated rings. The van der Waals surface area contributed by atoms with Gasteiger partial charge in [0.05, 0.1) is 0 Å². The van der Waals surface area contributed by atoms with Gasteiger partial charge in [0.25, 0.3) is 0 Å². The van der Waals surface area contributed by atoms with Crippen molar-refractivity contribution >= 4 is 11.8 Å². The molecule has 0 spiro atoms. The molecule has 0 unspecified atom stereocenters. The van der Waals surface area contributed by atoms with Crippen molar-refractivity contribution in [2.75, 3.05) is 19.7 Å². The molecule has 0 rings (SSSR count). The molecule has 4 nitrogen and oxygen atoms in total.